The molecule has 0 unspecified atom stereocenters. The van der Waals surface area contributed by atoms with Gasteiger partial charge >= 0.3 is 5.63 Å². The lowest BCUT2D eigenvalue weighted by Crippen LogP contribution is -2.00. The lowest BCUT2D eigenvalue weighted by Gasteiger charge is -2.09. The normalized spacial score (nSPS) is 10.8. The Hall–Kier alpha value is -3.64. The monoisotopic (exact) mass is 407 g/mol. The third-order valence-electron chi connectivity index (χ3n) is 4.40. The van der Waals surface area contributed by atoms with E-state index in [0.717, 1.165) is 5.56 Å². The summed E-state index contributed by atoms with van der Waals surface area (Å²) in [5, 5.41) is 12.4. The van der Waals surface area contributed by atoms with E-state index in [-0.39, 0.29) is 5.69 Å². The van der Waals surface area contributed by atoms with Crippen LogP contribution in [0.1, 0.15) is 5.56 Å². The molecule has 0 bridgehead atoms. The van der Waals surface area contributed by atoms with E-state index in [9.17, 15) is 14.9 Å². The topological polar surface area (TPSA) is 82.6 Å². The molecule has 0 aliphatic rings. The number of non-ortho nitro benzene ring substituents is 1. The Kier molecular flexibility index (Phi) is 5.01. The van der Waals surface area contributed by atoms with Gasteiger partial charge in [-0.2, -0.15) is 0 Å². The zero-order valence-electron chi connectivity index (χ0n) is 15.0. The fourth-order valence-electron chi connectivity index (χ4n) is 3.01. The highest BCUT2D eigenvalue weighted by Crippen LogP contribution is 2.31. The van der Waals surface area contributed by atoms with E-state index in [1.54, 1.807) is 42.5 Å². The number of nitro benzene ring substituents is 1. The molecule has 29 heavy (non-hydrogen) atoms. The molecule has 0 aliphatic carbocycles. The number of halogens is 1. The maximum absolute atomic E-state index is 12.1. The molecule has 0 saturated carbocycles. The van der Waals surface area contributed by atoms with Crippen molar-refractivity contribution >= 4 is 28.3 Å². The Morgan fingerprint density at radius 2 is 1.79 bits per heavy atom. The molecule has 0 atom stereocenters. The molecule has 1 heterocycles. The van der Waals surface area contributed by atoms with Gasteiger partial charge in [0.1, 0.15) is 17.9 Å². The predicted octanol–water partition coefficient (Wildman–Crippen LogP) is 5.60. The van der Waals surface area contributed by atoms with Gasteiger partial charge in [-0.05, 0) is 35.4 Å². The van der Waals surface area contributed by atoms with Crippen molar-refractivity contribution in [2.24, 2.45) is 0 Å². The Morgan fingerprint density at radius 3 is 2.55 bits per heavy atom. The van der Waals surface area contributed by atoms with Crippen molar-refractivity contribution in [2.75, 3.05) is 0 Å². The van der Waals surface area contributed by atoms with Crippen LogP contribution in [0.15, 0.2) is 82.0 Å². The van der Waals surface area contributed by atoms with Crippen LogP contribution >= 0.6 is 11.6 Å². The van der Waals surface area contributed by atoms with Gasteiger partial charge < -0.3 is 9.15 Å². The third-order valence-corrected chi connectivity index (χ3v) is 4.65. The zero-order valence-corrected chi connectivity index (χ0v) is 15.8. The smallest absolute Gasteiger partial charge is 0.336 e. The Morgan fingerprint density at radius 1 is 1.00 bits per heavy atom. The van der Waals surface area contributed by atoms with Gasteiger partial charge in [0.2, 0.25) is 0 Å². The summed E-state index contributed by atoms with van der Waals surface area (Å²) in [6.07, 6.45) is 0. The van der Waals surface area contributed by atoms with Crippen molar-refractivity contribution in [3.8, 4) is 16.9 Å². The molecule has 144 valence electrons. The minimum atomic E-state index is -0.547. The summed E-state index contributed by atoms with van der Waals surface area (Å²) in [5.74, 6) is 0.534. The number of nitrogens with zero attached hydrogens (tertiary/aromatic N) is 1. The predicted molar refractivity (Wildman–Crippen MR) is 110 cm³/mol. The minimum absolute atomic E-state index is 0.0493. The van der Waals surface area contributed by atoms with Gasteiger partial charge in [-0.3, -0.25) is 10.1 Å². The van der Waals surface area contributed by atoms with E-state index >= 15 is 0 Å². The number of ether oxygens (including phenoxy) is 1. The highest BCUT2D eigenvalue weighted by atomic mass is 35.5. The molecule has 4 aromatic rings. The van der Waals surface area contributed by atoms with E-state index in [0.29, 0.717) is 39.5 Å². The first-order valence-electron chi connectivity index (χ1n) is 8.69. The summed E-state index contributed by atoms with van der Waals surface area (Å²) in [5.41, 5.74) is 1.81. The van der Waals surface area contributed by atoms with Crippen molar-refractivity contribution in [3.63, 3.8) is 0 Å². The molecule has 0 spiro atoms. The van der Waals surface area contributed by atoms with Crippen molar-refractivity contribution in [3.05, 3.63) is 104 Å². The highest BCUT2D eigenvalue weighted by Gasteiger charge is 2.12. The van der Waals surface area contributed by atoms with Crippen molar-refractivity contribution in [2.45, 2.75) is 6.61 Å². The average molecular weight is 408 g/mol. The zero-order chi connectivity index (χ0) is 20.4. The van der Waals surface area contributed by atoms with Crippen molar-refractivity contribution < 1.29 is 14.1 Å². The number of nitro groups is 1. The van der Waals surface area contributed by atoms with Gasteiger partial charge in [-0.1, -0.05) is 35.9 Å². The molecule has 0 N–H and O–H groups in total. The van der Waals surface area contributed by atoms with Crippen LogP contribution in [0.5, 0.6) is 5.75 Å². The van der Waals surface area contributed by atoms with Crippen LogP contribution < -0.4 is 10.4 Å². The molecular formula is C22H14ClNO5. The molecule has 1 aromatic heterocycles. The number of benzene rings is 3. The standard InChI is InChI=1S/C22H14ClNO5/c23-16-6-4-14(5-7-16)13-28-18-8-9-19-20(12-22(25)29-21(19)11-18)15-2-1-3-17(10-15)24(26)27/h1-12H,13H2. The number of fused-ring (bicyclic) bond motifs is 1. The molecule has 0 fully saturated rings. The summed E-state index contributed by atoms with van der Waals surface area (Å²) in [6, 6.07) is 19.9. The van der Waals surface area contributed by atoms with E-state index in [1.807, 2.05) is 12.1 Å². The Labute approximate surface area is 170 Å². The van der Waals surface area contributed by atoms with Gasteiger partial charge in [0, 0.05) is 40.2 Å². The van der Waals surface area contributed by atoms with E-state index in [1.165, 1.54) is 18.2 Å². The molecule has 3 aromatic carbocycles. The molecule has 0 aliphatic heterocycles. The second-order valence-electron chi connectivity index (χ2n) is 6.36. The quantitative estimate of drug-likeness (QED) is 0.244. The molecule has 4 rings (SSSR count). The summed E-state index contributed by atoms with van der Waals surface area (Å²) in [4.78, 5) is 22.7. The van der Waals surface area contributed by atoms with Crippen LogP contribution in [-0.2, 0) is 6.61 Å². The molecular weight excluding hydrogens is 394 g/mol. The third kappa shape index (κ3) is 4.12. The first-order chi connectivity index (χ1) is 14.0. The first kappa shape index (κ1) is 18.7. The van der Waals surface area contributed by atoms with Gasteiger partial charge in [0.05, 0.1) is 4.92 Å². The highest BCUT2D eigenvalue weighted by molar-refractivity contribution is 6.30. The number of hydrogen-bond donors (Lipinski definition) is 0. The second-order valence-corrected chi connectivity index (χ2v) is 6.80. The van der Waals surface area contributed by atoms with Crippen LogP contribution in [0.2, 0.25) is 5.02 Å². The van der Waals surface area contributed by atoms with E-state index in [2.05, 4.69) is 0 Å². The Bertz CT molecular complexity index is 1260. The summed E-state index contributed by atoms with van der Waals surface area (Å²) in [6.45, 7) is 0.331. The second kappa shape index (κ2) is 7.77. The van der Waals surface area contributed by atoms with Crippen LogP contribution in [-0.4, -0.2) is 4.92 Å². The van der Waals surface area contributed by atoms with E-state index in [4.69, 9.17) is 20.8 Å². The SMILES string of the molecule is O=c1cc(-c2cccc([N+](=O)[O-])c2)c2ccc(OCc3ccc(Cl)cc3)cc2o1. The fraction of sp³-hybridized carbons (Fsp3) is 0.0455. The summed E-state index contributed by atoms with van der Waals surface area (Å²) in [7, 11) is 0. The lowest BCUT2D eigenvalue weighted by atomic mass is 10.0. The fourth-order valence-corrected chi connectivity index (χ4v) is 3.13. The average Bonchev–Trinajstić information content (AvgIpc) is 2.72. The maximum atomic E-state index is 12.1. The summed E-state index contributed by atoms with van der Waals surface area (Å²) < 4.78 is 11.1. The molecule has 0 amide bonds. The van der Waals surface area contributed by atoms with Gasteiger partial charge in [-0.15, -0.1) is 0 Å². The van der Waals surface area contributed by atoms with Crippen molar-refractivity contribution in [1.82, 2.24) is 0 Å². The summed E-state index contributed by atoms with van der Waals surface area (Å²) >= 11 is 5.88. The van der Waals surface area contributed by atoms with Crippen LogP contribution in [0, 0.1) is 10.1 Å². The van der Waals surface area contributed by atoms with Gasteiger partial charge in [-0.25, -0.2) is 4.79 Å². The number of rotatable bonds is 5. The van der Waals surface area contributed by atoms with Gasteiger partial charge in [0.15, 0.2) is 0 Å². The molecule has 0 saturated heterocycles. The largest absolute Gasteiger partial charge is 0.489 e. The lowest BCUT2D eigenvalue weighted by molar-refractivity contribution is -0.384. The molecule has 6 nitrogen and oxygen atoms in total. The minimum Gasteiger partial charge on any atom is -0.489 e. The van der Waals surface area contributed by atoms with Gasteiger partial charge in [0.25, 0.3) is 5.69 Å². The van der Waals surface area contributed by atoms with E-state index < -0.39 is 10.5 Å². The first-order valence-corrected chi connectivity index (χ1v) is 9.07. The van der Waals surface area contributed by atoms with Crippen LogP contribution in [0.3, 0.4) is 0 Å². The Balaban J connectivity index is 1.69. The number of hydrogen-bond acceptors (Lipinski definition) is 5. The maximum Gasteiger partial charge on any atom is 0.336 e. The molecule has 0 radical (unpaired) electrons. The van der Waals surface area contributed by atoms with Crippen LogP contribution in [0.25, 0.3) is 22.1 Å². The van der Waals surface area contributed by atoms with Crippen LogP contribution in [0.4, 0.5) is 5.69 Å². The molecule has 7 heteroatoms. The van der Waals surface area contributed by atoms with Crippen molar-refractivity contribution in [1.29, 1.82) is 0 Å².